The number of hydrogen-bond acceptors (Lipinski definition) is 4. The summed E-state index contributed by atoms with van der Waals surface area (Å²) in [5.74, 6) is -0.598. The Kier molecular flexibility index (Phi) is 3.40. The first-order valence-electron chi connectivity index (χ1n) is 5.67. The molecule has 0 bridgehead atoms. The van der Waals surface area contributed by atoms with Crippen LogP contribution in [0.25, 0.3) is 0 Å². The molecule has 1 aromatic rings. The van der Waals surface area contributed by atoms with Gasteiger partial charge in [0.15, 0.2) is 11.8 Å². The van der Waals surface area contributed by atoms with E-state index >= 15 is 0 Å². The largest absolute Gasteiger partial charge is 0.416 e. The van der Waals surface area contributed by atoms with Crippen molar-refractivity contribution in [3.05, 3.63) is 11.4 Å². The molecule has 0 spiro atoms. The second-order valence-corrected chi connectivity index (χ2v) is 4.44. The molecular weight excluding hydrogens is 265 g/mol. The molecule has 0 aliphatic heterocycles. The molecule has 106 valence electrons. The van der Waals surface area contributed by atoms with Crippen molar-refractivity contribution in [2.75, 3.05) is 12.3 Å². The fourth-order valence-electron chi connectivity index (χ4n) is 1.61. The molecule has 9 heteroatoms. The van der Waals surface area contributed by atoms with Gasteiger partial charge in [-0.2, -0.15) is 18.3 Å². The van der Waals surface area contributed by atoms with Gasteiger partial charge < -0.3 is 16.2 Å². The summed E-state index contributed by atoms with van der Waals surface area (Å²) in [7, 11) is 0. The molecule has 6 nitrogen and oxygen atoms in total. The standard InChI is InChI=1S/C10H13F3N4O2/c11-10(12,13)5(18)3-15-9(19)8-6(14)7(16-17-8)4-1-2-4/h4-5,18H,1-3,14H2,(H,15,19)(H,16,17). The van der Waals surface area contributed by atoms with Gasteiger partial charge in [0.05, 0.1) is 17.9 Å². The number of carbonyl (C=O) groups is 1. The summed E-state index contributed by atoms with van der Waals surface area (Å²) in [6.07, 6.45) is -5.50. The molecule has 19 heavy (non-hydrogen) atoms. The molecule has 1 aliphatic carbocycles. The lowest BCUT2D eigenvalue weighted by Gasteiger charge is -2.14. The SMILES string of the molecule is Nc1c(C(=O)NCC(O)C(F)(F)F)n[nH]c1C1CC1. The van der Waals surface area contributed by atoms with Gasteiger partial charge in [0, 0.05) is 5.92 Å². The van der Waals surface area contributed by atoms with Crippen LogP contribution in [-0.4, -0.2) is 40.0 Å². The number of alkyl halides is 3. The molecule has 0 aromatic carbocycles. The zero-order valence-electron chi connectivity index (χ0n) is 9.79. The van der Waals surface area contributed by atoms with Gasteiger partial charge in [-0.3, -0.25) is 9.89 Å². The lowest BCUT2D eigenvalue weighted by atomic mass is 10.2. The number of hydrogen-bond donors (Lipinski definition) is 4. The predicted octanol–water partition coefficient (Wildman–Crippen LogP) is 0.522. The number of aliphatic hydroxyl groups is 1. The average Bonchev–Trinajstić information content (AvgIpc) is 3.08. The number of amides is 1. The molecule has 1 atom stereocenters. The van der Waals surface area contributed by atoms with E-state index in [1.165, 1.54) is 0 Å². The van der Waals surface area contributed by atoms with Crippen LogP contribution in [0.1, 0.15) is 34.9 Å². The zero-order chi connectivity index (χ0) is 14.2. The lowest BCUT2D eigenvalue weighted by molar-refractivity contribution is -0.201. The molecule has 1 amide bonds. The van der Waals surface area contributed by atoms with E-state index < -0.39 is 24.7 Å². The smallest absolute Gasteiger partial charge is 0.395 e. The number of nitrogen functional groups attached to an aromatic ring is 1. The molecule has 1 heterocycles. The van der Waals surface area contributed by atoms with Gasteiger partial charge in [0.2, 0.25) is 0 Å². The number of rotatable bonds is 4. The van der Waals surface area contributed by atoms with Crippen molar-refractivity contribution in [1.29, 1.82) is 0 Å². The highest BCUT2D eigenvalue weighted by Crippen LogP contribution is 2.42. The molecule has 1 saturated carbocycles. The van der Waals surface area contributed by atoms with Crippen molar-refractivity contribution in [3.8, 4) is 0 Å². The fourth-order valence-corrected chi connectivity index (χ4v) is 1.61. The van der Waals surface area contributed by atoms with Crippen molar-refractivity contribution in [1.82, 2.24) is 15.5 Å². The number of halogens is 3. The summed E-state index contributed by atoms with van der Waals surface area (Å²) in [6, 6.07) is 0. The van der Waals surface area contributed by atoms with Crippen molar-refractivity contribution in [3.63, 3.8) is 0 Å². The normalized spacial score (nSPS) is 17.3. The summed E-state index contributed by atoms with van der Waals surface area (Å²) in [6.45, 7) is -0.937. The number of H-pyrrole nitrogens is 1. The molecule has 0 radical (unpaired) electrons. The first-order valence-corrected chi connectivity index (χ1v) is 5.67. The molecule has 1 aromatic heterocycles. The summed E-state index contributed by atoms with van der Waals surface area (Å²) >= 11 is 0. The van der Waals surface area contributed by atoms with Gasteiger partial charge in [0.25, 0.3) is 5.91 Å². The van der Waals surface area contributed by atoms with E-state index in [1.807, 2.05) is 5.32 Å². The van der Waals surface area contributed by atoms with Crippen LogP contribution in [-0.2, 0) is 0 Å². The topological polar surface area (TPSA) is 104 Å². The number of nitrogens with one attached hydrogen (secondary N) is 2. The fraction of sp³-hybridized carbons (Fsp3) is 0.600. The van der Waals surface area contributed by atoms with Crippen LogP contribution >= 0.6 is 0 Å². The van der Waals surface area contributed by atoms with Crippen LogP contribution in [0.3, 0.4) is 0 Å². The van der Waals surface area contributed by atoms with Gasteiger partial charge in [0.1, 0.15) is 0 Å². The maximum absolute atomic E-state index is 12.1. The Morgan fingerprint density at radius 3 is 2.74 bits per heavy atom. The zero-order valence-corrected chi connectivity index (χ0v) is 9.79. The molecule has 1 fully saturated rings. The van der Waals surface area contributed by atoms with E-state index in [0.29, 0.717) is 5.69 Å². The number of anilines is 1. The van der Waals surface area contributed by atoms with Crippen LogP contribution in [0.2, 0.25) is 0 Å². The van der Waals surface area contributed by atoms with Crippen LogP contribution in [0, 0.1) is 0 Å². The number of nitrogens with two attached hydrogens (primary N) is 1. The molecule has 1 unspecified atom stereocenters. The highest BCUT2D eigenvalue weighted by atomic mass is 19.4. The van der Waals surface area contributed by atoms with E-state index in [9.17, 15) is 18.0 Å². The number of aromatic amines is 1. The average molecular weight is 278 g/mol. The van der Waals surface area contributed by atoms with Crippen LogP contribution in [0.5, 0.6) is 0 Å². The Balaban J connectivity index is 1.97. The van der Waals surface area contributed by atoms with E-state index in [1.54, 1.807) is 0 Å². The van der Waals surface area contributed by atoms with E-state index in [2.05, 4.69) is 10.2 Å². The van der Waals surface area contributed by atoms with Gasteiger partial charge in [-0.15, -0.1) is 0 Å². The molecule has 2 rings (SSSR count). The van der Waals surface area contributed by atoms with Crippen LogP contribution in [0.15, 0.2) is 0 Å². The van der Waals surface area contributed by atoms with E-state index in [-0.39, 0.29) is 17.3 Å². The van der Waals surface area contributed by atoms with Crippen molar-refractivity contribution in [2.45, 2.75) is 31.0 Å². The van der Waals surface area contributed by atoms with Crippen molar-refractivity contribution >= 4 is 11.6 Å². The predicted molar refractivity (Wildman–Crippen MR) is 59.4 cm³/mol. The Morgan fingerprint density at radius 1 is 1.58 bits per heavy atom. The third-order valence-corrected chi connectivity index (χ3v) is 2.87. The van der Waals surface area contributed by atoms with Gasteiger partial charge >= 0.3 is 6.18 Å². The Labute approximate surface area is 106 Å². The highest BCUT2D eigenvalue weighted by Gasteiger charge is 2.38. The first-order chi connectivity index (χ1) is 8.80. The lowest BCUT2D eigenvalue weighted by Crippen LogP contribution is -2.40. The monoisotopic (exact) mass is 278 g/mol. The second-order valence-electron chi connectivity index (χ2n) is 4.44. The third kappa shape index (κ3) is 2.98. The van der Waals surface area contributed by atoms with Crippen LogP contribution < -0.4 is 11.1 Å². The van der Waals surface area contributed by atoms with Crippen molar-refractivity contribution < 1.29 is 23.1 Å². The number of carbonyl (C=O) groups excluding carboxylic acids is 1. The summed E-state index contributed by atoms with van der Waals surface area (Å²) in [5, 5.41) is 17.0. The van der Waals surface area contributed by atoms with Crippen LogP contribution in [0.4, 0.5) is 18.9 Å². The summed E-state index contributed by atoms with van der Waals surface area (Å²) < 4.78 is 36.2. The maximum Gasteiger partial charge on any atom is 0.416 e. The number of aromatic nitrogens is 2. The first kappa shape index (κ1) is 13.7. The molecule has 5 N–H and O–H groups in total. The Bertz CT molecular complexity index is 482. The second kappa shape index (κ2) is 4.72. The Morgan fingerprint density at radius 2 is 2.21 bits per heavy atom. The molecular formula is C10H13F3N4O2. The van der Waals surface area contributed by atoms with Gasteiger partial charge in [-0.05, 0) is 12.8 Å². The summed E-state index contributed by atoms with van der Waals surface area (Å²) in [4.78, 5) is 11.6. The number of nitrogens with zero attached hydrogens (tertiary/aromatic N) is 1. The highest BCUT2D eigenvalue weighted by molar-refractivity contribution is 5.97. The van der Waals surface area contributed by atoms with Gasteiger partial charge in [-0.1, -0.05) is 0 Å². The van der Waals surface area contributed by atoms with Crippen molar-refractivity contribution in [2.24, 2.45) is 0 Å². The molecule has 1 aliphatic rings. The quantitative estimate of drug-likeness (QED) is 0.644. The Hall–Kier alpha value is -1.77. The van der Waals surface area contributed by atoms with E-state index in [4.69, 9.17) is 10.8 Å². The molecule has 0 saturated heterocycles. The van der Waals surface area contributed by atoms with Gasteiger partial charge in [-0.25, -0.2) is 0 Å². The third-order valence-electron chi connectivity index (χ3n) is 2.87. The minimum absolute atomic E-state index is 0.142. The van der Waals surface area contributed by atoms with E-state index in [0.717, 1.165) is 12.8 Å². The number of aliphatic hydroxyl groups excluding tert-OH is 1. The maximum atomic E-state index is 12.1. The summed E-state index contributed by atoms with van der Waals surface area (Å²) in [5.41, 5.74) is 6.35. The minimum Gasteiger partial charge on any atom is -0.395 e. The minimum atomic E-state index is -4.77.